The second kappa shape index (κ2) is 8.56. The summed E-state index contributed by atoms with van der Waals surface area (Å²) in [4.78, 5) is 18.9. The van der Waals surface area contributed by atoms with Crippen molar-refractivity contribution in [3.63, 3.8) is 0 Å². The Morgan fingerprint density at radius 3 is 2.55 bits per heavy atom. The molecule has 0 radical (unpaired) electrons. The summed E-state index contributed by atoms with van der Waals surface area (Å²) in [6, 6.07) is 3.67. The van der Waals surface area contributed by atoms with Gasteiger partial charge in [0.05, 0.1) is 5.56 Å². The molecule has 1 N–H and O–H groups in total. The monoisotopic (exact) mass is 277 g/mol. The van der Waals surface area contributed by atoms with Crippen LogP contribution in [0.1, 0.15) is 50.9 Å². The van der Waals surface area contributed by atoms with Gasteiger partial charge in [-0.15, -0.1) is 0 Å². The lowest BCUT2D eigenvalue weighted by Gasteiger charge is -2.26. The van der Waals surface area contributed by atoms with Gasteiger partial charge < -0.3 is 10.2 Å². The van der Waals surface area contributed by atoms with E-state index in [4.69, 9.17) is 0 Å². The standard InChI is InChI=1S/C16H27N3O/c1-5-13(6-2)12-19(8-4)16(20)14-10-9-11-18-15(14)17-7-3/h9-11,13H,5-8,12H2,1-4H3,(H,17,18). The minimum absolute atomic E-state index is 0.0726. The van der Waals surface area contributed by atoms with E-state index < -0.39 is 0 Å². The van der Waals surface area contributed by atoms with Crippen LogP contribution in [-0.2, 0) is 0 Å². The van der Waals surface area contributed by atoms with E-state index >= 15 is 0 Å². The summed E-state index contributed by atoms with van der Waals surface area (Å²) in [7, 11) is 0. The fraction of sp³-hybridized carbons (Fsp3) is 0.625. The van der Waals surface area contributed by atoms with E-state index in [1.165, 1.54) is 0 Å². The van der Waals surface area contributed by atoms with Crippen molar-refractivity contribution in [1.29, 1.82) is 0 Å². The van der Waals surface area contributed by atoms with E-state index in [1.54, 1.807) is 6.20 Å². The summed E-state index contributed by atoms with van der Waals surface area (Å²) in [6.07, 6.45) is 3.92. The maximum atomic E-state index is 12.7. The Kier molecular flexibility index (Phi) is 7.05. The molecule has 1 aromatic heterocycles. The Morgan fingerprint density at radius 1 is 1.30 bits per heavy atom. The molecule has 0 bridgehead atoms. The van der Waals surface area contributed by atoms with Crippen molar-refractivity contribution in [2.24, 2.45) is 5.92 Å². The molecule has 1 heterocycles. The predicted molar refractivity (Wildman–Crippen MR) is 84.1 cm³/mol. The van der Waals surface area contributed by atoms with Gasteiger partial charge in [-0.1, -0.05) is 26.7 Å². The Bertz CT molecular complexity index is 416. The number of nitrogens with one attached hydrogen (secondary N) is 1. The highest BCUT2D eigenvalue weighted by Crippen LogP contribution is 2.17. The van der Waals surface area contributed by atoms with Crippen LogP contribution < -0.4 is 5.32 Å². The Labute approximate surface area is 122 Å². The number of aromatic nitrogens is 1. The lowest BCUT2D eigenvalue weighted by atomic mass is 10.0. The van der Waals surface area contributed by atoms with Gasteiger partial charge in [0.2, 0.25) is 0 Å². The molecule has 0 unspecified atom stereocenters. The molecule has 0 aliphatic rings. The first kappa shape index (κ1) is 16.5. The number of anilines is 1. The van der Waals surface area contributed by atoms with Gasteiger partial charge in [0.25, 0.3) is 5.91 Å². The van der Waals surface area contributed by atoms with Crippen LogP contribution in [0.25, 0.3) is 0 Å². The predicted octanol–water partition coefficient (Wildman–Crippen LogP) is 3.41. The molecule has 0 fully saturated rings. The minimum atomic E-state index is 0.0726. The summed E-state index contributed by atoms with van der Waals surface area (Å²) >= 11 is 0. The second-order valence-electron chi connectivity index (χ2n) is 4.96. The zero-order valence-electron chi connectivity index (χ0n) is 13.1. The number of amides is 1. The average molecular weight is 277 g/mol. The number of pyridine rings is 1. The smallest absolute Gasteiger partial charge is 0.257 e. The van der Waals surface area contributed by atoms with Crippen LogP contribution in [0.5, 0.6) is 0 Å². The minimum Gasteiger partial charge on any atom is -0.370 e. The third-order valence-corrected chi connectivity index (χ3v) is 3.68. The van der Waals surface area contributed by atoms with Crippen molar-refractivity contribution in [3.8, 4) is 0 Å². The Morgan fingerprint density at radius 2 is 2.00 bits per heavy atom. The number of rotatable bonds is 8. The number of carbonyl (C=O) groups excluding carboxylic acids is 1. The highest BCUT2D eigenvalue weighted by atomic mass is 16.2. The van der Waals surface area contributed by atoms with Gasteiger partial charge in [0.1, 0.15) is 5.82 Å². The largest absolute Gasteiger partial charge is 0.370 e. The van der Waals surface area contributed by atoms with Crippen LogP contribution in [-0.4, -0.2) is 35.4 Å². The quantitative estimate of drug-likeness (QED) is 0.792. The summed E-state index contributed by atoms with van der Waals surface area (Å²) in [5.41, 5.74) is 0.669. The van der Waals surface area contributed by atoms with Gasteiger partial charge in [0, 0.05) is 25.8 Å². The Hall–Kier alpha value is -1.58. The van der Waals surface area contributed by atoms with E-state index in [2.05, 4.69) is 24.1 Å². The van der Waals surface area contributed by atoms with Crippen molar-refractivity contribution < 1.29 is 4.79 Å². The molecule has 0 atom stereocenters. The number of hydrogen-bond acceptors (Lipinski definition) is 3. The molecule has 4 nitrogen and oxygen atoms in total. The van der Waals surface area contributed by atoms with Crippen LogP contribution >= 0.6 is 0 Å². The summed E-state index contributed by atoms with van der Waals surface area (Å²) in [5, 5.41) is 3.16. The van der Waals surface area contributed by atoms with Crippen molar-refractivity contribution in [3.05, 3.63) is 23.9 Å². The third-order valence-electron chi connectivity index (χ3n) is 3.68. The number of hydrogen-bond donors (Lipinski definition) is 1. The van der Waals surface area contributed by atoms with E-state index in [-0.39, 0.29) is 5.91 Å². The van der Waals surface area contributed by atoms with Crippen molar-refractivity contribution in [2.45, 2.75) is 40.5 Å². The molecular formula is C16H27N3O. The molecule has 1 amide bonds. The van der Waals surface area contributed by atoms with Crippen molar-refractivity contribution in [2.75, 3.05) is 25.0 Å². The second-order valence-corrected chi connectivity index (χ2v) is 4.96. The Balaban J connectivity index is 2.90. The third kappa shape index (κ3) is 4.22. The SMILES string of the molecule is CCNc1ncccc1C(=O)N(CC)CC(CC)CC. The highest BCUT2D eigenvalue weighted by Gasteiger charge is 2.20. The zero-order chi connectivity index (χ0) is 15.0. The first-order valence-corrected chi connectivity index (χ1v) is 7.65. The molecule has 1 rings (SSSR count). The van der Waals surface area contributed by atoms with Crippen molar-refractivity contribution >= 4 is 11.7 Å². The molecule has 0 aromatic carbocycles. The average Bonchev–Trinajstić information content (AvgIpc) is 2.49. The van der Waals surface area contributed by atoms with Gasteiger partial charge in [-0.05, 0) is 31.9 Å². The molecule has 0 saturated heterocycles. The van der Waals surface area contributed by atoms with Gasteiger partial charge in [-0.3, -0.25) is 4.79 Å². The zero-order valence-corrected chi connectivity index (χ0v) is 13.1. The summed E-state index contributed by atoms with van der Waals surface area (Å²) in [5.74, 6) is 1.32. The van der Waals surface area contributed by atoms with E-state index in [1.807, 2.05) is 30.9 Å². The fourth-order valence-corrected chi connectivity index (χ4v) is 2.27. The van der Waals surface area contributed by atoms with Crippen LogP contribution in [0.4, 0.5) is 5.82 Å². The molecule has 0 aliphatic carbocycles. The first-order chi connectivity index (χ1) is 9.67. The fourth-order valence-electron chi connectivity index (χ4n) is 2.27. The molecular weight excluding hydrogens is 250 g/mol. The van der Waals surface area contributed by atoms with Gasteiger partial charge >= 0.3 is 0 Å². The molecule has 0 spiro atoms. The summed E-state index contributed by atoms with van der Waals surface area (Å²) in [6.45, 7) is 10.7. The van der Waals surface area contributed by atoms with Crippen LogP contribution in [0.2, 0.25) is 0 Å². The van der Waals surface area contributed by atoms with E-state index in [9.17, 15) is 4.79 Å². The van der Waals surface area contributed by atoms with Crippen molar-refractivity contribution in [1.82, 2.24) is 9.88 Å². The number of carbonyl (C=O) groups is 1. The lowest BCUT2D eigenvalue weighted by Crippen LogP contribution is -2.35. The molecule has 0 aliphatic heterocycles. The van der Waals surface area contributed by atoms with E-state index in [0.29, 0.717) is 17.3 Å². The van der Waals surface area contributed by atoms with Gasteiger partial charge in [-0.25, -0.2) is 4.98 Å². The lowest BCUT2D eigenvalue weighted by molar-refractivity contribution is 0.0735. The topological polar surface area (TPSA) is 45.2 Å². The first-order valence-electron chi connectivity index (χ1n) is 7.65. The molecule has 1 aromatic rings. The maximum Gasteiger partial charge on any atom is 0.257 e. The van der Waals surface area contributed by atoms with E-state index in [0.717, 1.165) is 32.5 Å². The van der Waals surface area contributed by atoms with Crippen LogP contribution in [0.3, 0.4) is 0 Å². The number of nitrogens with zero attached hydrogens (tertiary/aromatic N) is 2. The molecule has 4 heteroatoms. The molecule has 112 valence electrons. The maximum absolute atomic E-state index is 12.7. The molecule has 20 heavy (non-hydrogen) atoms. The highest BCUT2D eigenvalue weighted by molar-refractivity contribution is 5.98. The normalized spacial score (nSPS) is 10.7. The van der Waals surface area contributed by atoms with Crippen LogP contribution in [0, 0.1) is 5.92 Å². The summed E-state index contributed by atoms with van der Waals surface area (Å²) < 4.78 is 0. The van der Waals surface area contributed by atoms with Crippen LogP contribution in [0.15, 0.2) is 18.3 Å². The van der Waals surface area contributed by atoms with Gasteiger partial charge in [-0.2, -0.15) is 0 Å². The van der Waals surface area contributed by atoms with Gasteiger partial charge in [0.15, 0.2) is 0 Å². The molecule has 0 saturated carbocycles.